The van der Waals surface area contributed by atoms with Crippen LogP contribution in [0.1, 0.15) is 10.4 Å². The zero-order chi connectivity index (χ0) is 14.4. The molecule has 6 heteroatoms. The summed E-state index contributed by atoms with van der Waals surface area (Å²) in [6, 6.07) is 9.21. The van der Waals surface area contributed by atoms with E-state index >= 15 is 0 Å². The molecule has 1 unspecified atom stereocenters. The fourth-order valence-corrected chi connectivity index (χ4v) is 1.62. The normalized spacial score (nSPS) is 11.9. The lowest BCUT2D eigenvalue weighted by atomic mass is 10.3. The molecule has 1 aromatic heterocycles. The maximum absolute atomic E-state index is 11.7. The number of rotatable bonds is 6. The van der Waals surface area contributed by atoms with Crippen LogP contribution in [0.15, 0.2) is 42.7 Å². The first-order valence-corrected chi connectivity index (χ1v) is 6.28. The SMILES string of the molecule is Cn1cc(C(=O)NCC(O)COc2ccccc2)cn1. The van der Waals surface area contributed by atoms with Crippen LogP contribution in [0.2, 0.25) is 0 Å². The number of aliphatic hydroxyl groups is 1. The Morgan fingerprint density at radius 3 is 2.85 bits per heavy atom. The topological polar surface area (TPSA) is 76.4 Å². The number of ether oxygens (including phenoxy) is 1. The number of carbonyl (C=O) groups excluding carboxylic acids is 1. The summed E-state index contributed by atoms with van der Waals surface area (Å²) in [5, 5.41) is 16.3. The van der Waals surface area contributed by atoms with Gasteiger partial charge in [-0.25, -0.2) is 0 Å². The van der Waals surface area contributed by atoms with Crippen molar-refractivity contribution in [2.45, 2.75) is 6.10 Å². The predicted molar refractivity (Wildman–Crippen MR) is 73.5 cm³/mol. The van der Waals surface area contributed by atoms with E-state index in [9.17, 15) is 9.90 Å². The summed E-state index contributed by atoms with van der Waals surface area (Å²) in [6.45, 7) is 0.248. The van der Waals surface area contributed by atoms with Crippen molar-refractivity contribution in [1.29, 1.82) is 0 Å². The van der Waals surface area contributed by atoms with Gasteiger partial charge in [-0.3, -0.25) is 9.48 Å². The van der Waals surface area contributed by atoms with Gasteiger partial charge in [0.05, 0.1) is 11.8 Å². The Balaban J connectivity index is 1.72. The Morgan fingerprint density at radius 2 is 2.20 bits per heavy atom. The Kier molecular flexibility index (Phi) is 4.73. The van der Waals surface area contributed by atoms with Gasteiger partial charge in [-0.05, 0) is 12.1 Å². The third kappa shape index (κ3) is 4.10. The number of hydrogen-bond acceptors (Lipinski definition) is 4. The standard InChI is InChI=1S/C14H17N3O3/c1-17-9-11(7-16-17)14(19)15-8-12(18)10-20-13-5-3-2-4-6-13/h2-7,9,12,18H,8,10H2,1H3,(H,15,19). The molecule has 0 fully saturated rings. The van der Waals surface area contributed by atoms with Crippen LogP contribution in [0.25, 0.3) is 0 Å². The molecule has 0 spiro atoms. The van der Waals surface area contributed by atoms with Crippen molar-refractivity contribution in [1.82, 2.24) is 15.1 Å². The van der Waals surface area contributed by atoms with Gasteiger partial charge in [0, 0.05) is 19.8 Å². The summed E-state index contributed by atoms with van der Waals surface area (Å²) in [5.41, 5.74) is 0.462. The number of amides is 1. The van der Waals surface area contributed by atoms with Crippen LogP contribution in [-0.2, 0) is 7.05 Å². The molecule has 0 saturated heterocycles. The van der Waals surface area contributed by atoms with Gasteiger partial charge in [0.1, 0.15) is 18.5 Å². The fourth-order valence-electron chi connectivity index (χ4n) is 1.62. The van der Waals surface area contributed by atoms with E-state index in [2.05, 4.69) is 10.4 Å². The second kappa shape index (κ2) is 6.72. The number of aromatic nitrogens is 2. The molecule has 0 aliphatic carbocycles. The van der Waals surface area contributed by atoms with Gasteiger partial charge in [0.25, 0.3) is 5.91 Å². The van der Waals surface area contributed by atoms with Crippen molar-refractivity contribution in [2.75, 3.05) is 13.2 Å². The molecule has 1 heterocycles. The lowest BCUT2D eigenvalue weighted by molar-refractivity contribution is 0.0843. The maximum atomic E-state index is 11.7. The zero-order valence-corrected chi connectivity index (χ0v) is 11.2. The van der Waals surface area contributed by atoms with Crippen molar-refractivity contribution < 1.29 is 14.6 Å². The molecule has 106 valence electrons. The average molecular weight is 275 g/mol. The third-order valence-corrected chi connectivity index (χ3v) is 2.65. The largest absolute Gasteiger partial charge is 0.491 e. The van der Waals surface area contributed by atoms with Gasteiger partial charge in [0.2, 0.25) is 0 Å². The Morgan fingerprint density at radius 1 is 1.45 bits per heavy atom. The molecule has 0 aliphatic heterocycles. The summed E-state index contributed by atoms with van der Waals surface area (Å²) in [4.78, 5) is 11.7. The van der Waals surface area contributed by atoms with Gasteiger partial charge >= 0.3 is 0 Å². The third-order valence-electron chi connectivity index (χ3n) is 2.65. The monoisotopic (exact) mass is 275 g/mol. The number of benzene rings is 1. The molecule has 1 amide bonds. The molecule has 0 aliphatic rings. The van der Waals surface area contributed by atoms with E-state index in [-0.39, 0.29) is 19.1 Å². The van der Waals surface area contributed by atoms with Crippen molar-refractivity contribution in [3.05, 3.63) is 48.3 Å². The van der Waals surface area contributed by atoms with E-state index in [1.54, 1.807) is 30.1 Å². The van der Waals surface area contributed by atoms with Gasteiger partial charge < -0.3 is 15.2 Å². The number of hydrogen-bond donors (Lipinski definition) is 2. The zero-order valence-electron chi connectivity index (χ0n) is 11.2. The van der Waals surface area contributed by atoms with Crippen LogP contribution in [0.3, 0.4) is 0 Å². The van der Waals surface area contributed by atoms with E-state index in [0.29, 0.717) is 11.3 Å². The molecule has 2 N–H and O–H groups in total. The Bertz CT molecular complexity index is 554. The summed E-state index contributed by atoms with van der Waals surface area (Å²) >= 11 is 0. The van der Waals surface area contributed by atoms with Crippen LogP contribution < -0.4 is 10.1 Å². The predicted octanol–water partition coefficient (Wildman–Crippen LogP) is 0.590. The van der Waals surface area contributed by atoms with Gasteiger partial charge in [-0.2, -0.15) is 5.10 Å². The fraction of sp³-hybridized carbons (Fsp3) is 0.286. The number of nitrogens with zero attached hydrogens (tertiary/aromatic N) is 2. The number of aryl methyl sites for hydroxylation is 1. The summed E-state index contributed by atoms with van der Waals surface area (Å²) < 4.78 is 6.94. The minimum absolute atomic E-state index is 0.122. The van der Waals surface area contributed by atoms with Crippen LogP contribution >= 0.6 is 0 Å². The second-order valence-electron chi connectivity index (χ2n) is 4.39. The molecule has 0 saturated carbocycles. The highest BCUT2D eigenvalue weighted by atomic mass is 16.5. The van der Waals surface area contributed by atoms with Crippen molar-refractivity contribution >= 4 is 5.91 Å². The smallest absolute Gasteiger partial charge is 0.254 e. The summed E-state index contributed by atoms with van der Waals surface area (Å²) in [5.74, 6) is 0.419. The molecular weight excluding hydrogens is 258 g/mol. The first-order chi connectivity index (χ1) is 9.65. The van der Waals surface area contributed by atoms with Crippen LogP contribution in [0.4, 0.5) is 0 Å². The molecule has 2 aromatic rings. The van der Waals surface area contributed by atoms with Gasteiger partial charge in [0.15, 0.2) is 0 Å². The van der Waals surface area contributed by atoms with E-state index in [1.807, 2.05) is 18.2 Å². The molecule has 1 atom stereocenters. The van der Waals surface area contributed by atoms with Crippen molar-refractivity contribution in [3.8, 4) is 5.75 Å². The number of nitrogens with one attached hydrogen (secondary N) is 1. The Labute approximate surface area is 117 Å². The number of carbonyl (C=O) groups is 1. The molecule has 20 heavy (non-hydrogen) atoms. The van der Waals surface area contributed by atoms with Crippen LogP contribution in [0.5, 0.6) is 5.75 Å². The summed E-state index contributed by atoms with van der Waals surface area (Å²) in [7, 11) is 1.74. The second-order valence-corrected chi connectivity index (χ2v) is 4.39. The average Bonchev–Trinajstić information content (AvgIpc) is 2.90. The molecule has 1 aromatic carbocycles. The highest BCUT2D eigenvalue weighted by Crippen LogP contribution is 2.08. The lowest BCUT2D eigenvalue weighted by Gasteiger charge is -2.12. The van der Waals surface area contributed by atoms with Crippen LogP contribution in [0, 0.1) is 0 Å². The van der Waals surface area contributed by atoms with Crippen molar-refractivity contribution in [2.24, 2.45) is 7.05 Å². The van der Waals surface area contributed by atoms with E-state index < -0.39 is 6.10 Å². The quantitative estimate of drug-likeness (QED) is 0.809. The van der Waals surface area contributed by atoms with Crippen LogP contribution in [-0.4, -0.2) is 40.0 Å². The molecule has 2 rings (SSSR count). The van der Waals surface area contributed by atoms with E-state index in [4.69, 9.17) is 4.74 Å². The molecule has 6 nitrogen and oxygen atoms in total. The molecule has 0 bridgehead atoms. The lowest BCUT2D eigenvalue weighted by Crippen LogP contribution is -2.35. The van der Waals surface area contributed by atoms with E-state index in [0.717, 1.165) is 0 Å². The number of para-hydroxylation sites is 1. The Hall–Kier alpha value is -2.34. The summed E-state index contributed by atoms with van der Waals surface area (Å²) in [6.07, 6.45) is 2.32. The van der Waals surface area contributed by atoms with Gasteiger partial charge in [-0.1, -0.05) is 18.2 Å². The number of aliphatic hydroxyl groups excluding tert-OH is 1. The van der Waals surface area contributed by atoms with Crippen molar-refractivity contribution in [3.63, 3.8) is 0 Å². The first-order valence-electron chi connectivity index (χ1n) is 6.28. The molecular formula is C14H17N3O3. The minimum Gasteiger partial charge on any atom is -0.491 e. The highest BCUT2D eigenvalue weighted by Gasteiger charge is 2.11. The minimum atomic E-state index is -0.768. The van der Waals surface area contributed by atoms with E-state index in [1.165, 1.54) is 6.20 Å². The highest BCUT2D eigenvalue weighted by molar-refractivity contribution is 5.93. The first kappa shape index (κ1) is 14.1. The maximum Gasteiger partial charge on any atom is 0.254 e. The molecule has 0 radical (unpaired) electrons. The van der Waals surface area contributed by atoms with Gasteiger partial charge in [-0.15, -0.1) is 0 Å².